The first kappa shape index (κ1) is 24.1. The molecular weight excluding hydrogens is 490 g/mol. The average Bonchev–Trinajstić information content (AvgIpc) is 3.46. The average molecular weight is 520 g/mol. The molecule has 0 unspecified atom stereocenters. The van der Waals surface area contributed by atoms with Crippen molar-refractivity contribution in [3.8, 4) is 0 Å². The molecule has 9 heteroatoms. The van der Waals surface area contributed by atoms with E-state index in [0.29, 0.717) is 29.4 Å². The van der Waals surface area contributed by atoms with Gasteiger partial charge < -0.3 is 9.30 Å². The number of imidazole rings is 1. The highest BCUT2D eigenvalue weighted by Gasteiger charge is 2.29. The van der Waals surface area contributed by atoms with Gasteiger partial charge in [-0.3, -0.25) is 0 Å². The van der Waals surface area contributed by atoms with Crippen molar-refractivity contribution in [1.82, 2.24) is 13.9 Å². The smallest absolute Gasteiger partial charge is 0.243 e. The van der Waals surface area contributed by atoms with Crippen LogP contribution in [0.4, 0.5) is 0 Å². The lowest BCUT2D eigenvalue weighted by molar-refractivity contribution is 0.0960. The van der Waals surface area contributed by atoms with Crippen molar-refractivity contribution in [3.63, 3.8) is 0 Å². The maximum absolute atomic E-state index is 13.3. The first-order chi connectivity index (χ1) is 16.4. The second-order valence-corrected chi connectivity index (χ2v) is 12.6. The molecule has 0 spiro atoms. The minimum absolute atomic E-state index is 0.158. The van der Waals surface area contributed by atoms with Crippen LogP contribution >= 0.6 is 23.4 Å². The SMILES string of the molecule is C[C@@H]1CCCN(S(=O)(=O)c2ccc3c(c2)nc(SCc2ccc(Cl)cc2)n3C[C@@H]2CCCO2)C1. The lowest BCUT2D eigenvalue weighted by Gasteiger charge is -2.30. The maximum Gasteiger partial charge on any atom is 0.243 e. The van der Waals surface area contributed by atoms with Crippen LogP contribution in [0, 0.1) is 5.92 Å². The van der Waals surface area contributed by atoms with E-state index in [1.165, 1.54) is 0 Å². The van der Waals surface area contributed by atoms with Crippen molar-refractivity contribution >= 4 is 44.4 Å². The van der Waals surface area contributed by atoms with Crippen LogP contribution in [0.15, 0.2) is 52.5 Å². The van der Waals surface area contributed by atoms with E-state index >= 15 is 0 Å². The van der Waals surface area contributed by atoms with Crippen molar-refractivity contribution < 1.29 is 13.2 Å². The van der Waals surface area contributed by atoms with Gasteiger partial charge in [0.25, 0.3) is 0 Å². The molecule has 3 aromatic rings. The van der Waals surface area contributed by atoms with Gasteiger partial charge in [-0.2, -0.15) is 4.31 Å². The first-order valence-corrected chi connectivity index (χ1v) is 14.7. The lowest BCUT2D eigenvalue weighted by atomic mass is 10.0. The third-order valence-corrected chi connectivity index (χ3v) is 9.79. The topological polar surface area (TPSA) is 64.4 Å². The molecule has 3 heterocycles. The fraction of sp³-hybridized carbons (Fsp3) is 0.480. The second kappa shape index (κ2) is 10.2. The van der Waals surface area contributed by atoms with Gasteiger partial charge in [-0.25, -0.2) is 13.4 Å². The Morgan fingerprint density at radius 2 is 1.97 bits per heavy atom. The summed E-state index contributed by atoms with van der Waals surface area (Å²) in [5, 5.41) is 1.60. The molecule has 5 rings (SSSR count). The molecule has 2 aliphatic heterocycles. The minimum atomic E-state index is -3.53. The van der Waals surface area contributed by atoms with E-state index in [-0.39, 0.29) is 6.10 Å². The molecular formula is C25H30ClN3O3S2. The Balaban J connectivity index is 1.46. The van der Waals surface area contributed by atoms with Gasteiger partial charge in [0.15, 0.2) is 5.16 Å². The second-order valence-electron chi connectivity index (χ2n) is 9.32. The molecule has 2 fully saturated rings. The number of aromatic nitrogens is 2. The Kier molecular flexibility index (Phi) is 7.23. The molecule has 0 bridgehead atoms. The predicted molar refractivity (Wildman–Crippen MR) is 137 cm³/mol. The summed E-state index contributed by atoms with van der Waals surface area (Å²) < 4.78 is 36.4. The van der Waals surface area contributed by atoms with Crippen molar-refractivity contribution in [1.29, 1.82) is 0 Å². The van der Waals surface area contributed by atoms with Gasteiger partial charge in [-0.05, 0) is 67.5 Å². The van der Waals surface area contributed by atoms with E-state index in [4.69, 9.17) is 21.3 Å². The molecule has 2 atom stereocenters. The maximum atomic E-state index is 13.3. The first-order valence-electron chi connectivity index (χ1n) is 11.9. The molecule has 34 heavy (non-hydrogen) atoms. The summed E-state index contributed by atoms with van der Waals surface area (Å²) in [6.07, 6.45) is 4.24. The van der Waals surface area contributed by atoms with Gasteiger partial charge in [-0.15, -0.1) is 0 Å². The summed E-state index contributed by atoms with van der Waals surface area (Å²) in [6.45, 7) is 4.79. The molecule has 2 saturated heterocycles. The Bertz CT molecular complexity index is 1250. The number of ether oxygens (including phenoxy) is 1. The van der Waals surface area contributed by atoms with Crippen LogP contribution in [0.2, 0.25) is 5.02 Å². The Labute approximate surface area is 210 Å². The van der Waals surface area contributed by atoms with Crippen molar-refractivity contribution in [2.24, 2.45) is 5.92 Å². The van der Waals surface area contributed by atoms with E-state index in [9.17, 15) is 8.42 Å². The highest BCUT2D eigenvalue weighted by Crippen LogP contribution is 2.31. The van der Waals surface area contributed by atoms with Crippen LogP contribution in [0.25, 0.3) is 11.0 Å². The Morgan fingerprint density at radius 3 is 2.71 bits per heavy atom. The number of hydrogen-bond donors (Lipinski definition) is 0. The quantitative estimate of drug-likeness (QED) is 0.381. The summed E-state index contributed by atoms with van der Waals surface area (Å²) in [5.74, 6) is 1.14. The van der Waals surface area contributed by atoms with E-state index in [1.54, 1.807) is 28.2 Å². The zero-order chi connectivity index (χ0) is 23.7. The van der Waals surface area contributed by atoms with Crippen LogP contribution < -0.4 is 0 Å². The summed E-state index contributed by atoms with van der Waals surface area (Å²) in [6, 6.07) is 13.2. The van der Waals surface area contributed by atoms with Gasteiger partial charge in [0.1, 0.15) is 0 Å². The molecule has 2 aliphatic rings. The summed E-state index contributed by atoms with van der Waals surface area (Å²) in [4.78, 5) is 5.21. The summed E-state index contributed by atoms with van der Waals surface area (Å²) in [5.41, 5.74) is 2.82. The van der Waals surface area contributed by atoms with Crippen LogP contribution in [-0.2, 0) is 27.1 Å². The molecule has 1 aromatic heterocycles. The Hall–Kier alpha value is -1.58. The van der Waals surface area contributed by atoms with Gasteiger partial charge in [0.05, 0.1) is 28.6 Å². The lowest BCUT2D eigenvalue weighted by Crippen LogP contribution is -2.39. The standard InChI is InChI=1S/C25H30ClN3O3S2/c1-18-4-2-12-28(15-18)34(30,31)22-10-11-24-23(14-22)27-25(29(24)16-21-5-3-13-32-21)33-17-19-6-8-20(26)9-7-19/h6-11,14,18,21H,2-5,12-13,15-17H2,1H3/t18-,21+/m1/s1. The third kappa shape index (κ3) is 5.16. The van der Waals surface area contributed by atoms with Gasteiger partial charge >= 0.3 is 0 Å². The van der Waals surface area contributed by atoms with Crippen LogP contribution in [0.5, 0.6) is 0 Å². The van der Waals surface area contributed by atoms with Gasteiger partial charge in [-0.1, -0.05) is 42.4 Å². The van der Waals surface area contributed by atoms with Crippen molar-refractivity contribution in [2.75, 3.05) is 19.7 Å². The molecule has 0 radical (unpaired) electrons. The summed E-state index contributed by atoms with van der Waals surface area (Å²) >= 11 is 7.68. The number of rotatable bonds is 7. The third-order valence-electron chi connectivity index (χ3n) is 6.63. The number of sulfonamides is 1. The fourth-order valence-corrected chi connectivity index (χ4v) is 7.49. The molecule has 6 nitrogen and oxygen atoms in total. The molecule has 0 N–H and O–H groups in total. The highest BCUT2D eigenvalue weighted by atomic mass is 35.5. The number of fused-ring (bicyclic) bond motifs is 1. The van der Waals surface area contributed by atoms with E-state index in [0.717, 1.165) is 65.8 Å². The fourth-order valence-electron chi connectivity index (χ4n) is 4.77. The minimum Gasteiger partial charge on any atom is -0.376 e. The van der Waals surface area contributed by atoms with Gasteiger partial charge in [0.2, 0.25) is 10.0 Å². The number of benzene rings is 2. The number of nitrogens with zero attached hydrogens (tertiary/aromatic N) is 3. The van der Waals surface area contributed by atoms with Crippen LogP contribution in [0.3, 0.4) is 0 Å². The normalized spacial score (nSPS) is 21.9. The molecule has 2 aromatic carbocycles. The van der Waals surface area contributed by atoms with E-state index < -0.39 is 10.0 Å². The van der Waals surface area contributed by atoms with Crippen molar-refractivity contribution in [2.45, 2.75) is 61.1 Å². The monoisotopic (exact) mass is 519 g/mol. The number of piperidine rings is 1. The number of hydrogen-bond acceptors (Lipinski definition) is 5. The number of halogens is 1. The number of thioether (sulfide) groups is 1. The summed E-state index contributed by atoms with van der Waals surface area (Å²) in [7, 11) is -3.53. The largest absolute Gasteiger partial charge is 0.376 e. The highest BCUT2D eigenvalue weighted by molar-refractivity contribution is 7.98. The van der Waals surface area contributed by atoms with E-state index in [2.05, 4.69) is 11.5 Å². The molecule has 0 amide bonds. The predicted octanol–water partition coefficient (Wildman–Crippen LogP) is 5.58. The zero-order valence-electron chi connectivity index (χ0n) is 19.3. The molecule has 0 saturated carbocycles. The van der Waals surface area contributed by atoms with Crippen LogP contribution in [0.1, 0.15) is 38.2 Å². The zero-order valence-corrected chi connectivity index (χ0v) is 21.7. The van der Waals surface area contributed by atoms with Crippen LogP contribution in [-0.4, -0.2) is 48.1 Å². The van der Waals surface area contributed by atoms with Gasteiger partial charge in [0, 0.05) is 30.5 Å². The Morgan fingerprint density at radius 1 is 1.15 bits per heavy atom. The molecule has 182 valence electrons. The molecule has 0 aliphatic carbocycles. The van der Waals surface area contributed by atoms with E-state index in [1.807, 2.05) is 30.3 Å². The van der Waals surface area contributed by atoms with Crippen molar-refractivity contribution in [3.05, 3.63) is 53.1 Å².